The number of nitrogens with one attached hydrogen (secondary N) is 1. The van der Waals surface area contributed by atoms with E-state index >= 15 is 0 Å². The maximum Gasteiger partial charge on any atom is 0.0725 e. The fourth-order valence-corrected chi connectivity index (χ4v) is 2.56. The van der Waals surface area contributed by atoms with E-state index in [1.165, 1.54) is 36.0 Å². The van der Waals surface area contributed by atoms with E-state index in [9.17, 15) is 0 Å². The Bertz CT molecular complexity index is 400. The van der Waals surface area contributed by atoms with Crippen molar-refractivity contribution in [2.75, 3.05) is 6.54 Å². The number of hydrogen-bond acceptors (Lipinski definition) is 2. The topological polar surface area (TPSA) is 21.3 Å². The largest absolute Gasteiger partial charge is 0.372 e. The van der Waals surface area contributed by atoms with E-state index in [0.717, 1.165) is 25.7 Å². The van der Waals surface area contributed by atoms with Crippen LogP contribution in [-0.4, -0.2) is 12.6 Å². The Morgan fingerprint density at radius 2 is 1.89 bits per heavy atom. The van der Waals surface area contributed by atoms with Crippen LogP contribution in [0.1, 0.15) is 50.3 Å². The number of ether oxygens (including phenoxy) is 1. The van der Waals surface area contributed by atoms with Crippen LogP contribution in [0.5, 0.6) is 0 Å². The second-order valence-electron chi connectivity index (χ2n) is 6.14. The minimum atomic E-state index is 0.601. The minimum absolute atomic E-state index is 0.601. The second-order valence-corrected chi connectivity index (χ2v) is 6.14. The highest BCUT2D eigenvalue weighted by molar-refractivity contribution is 5.33. The first-order valence-electron chi connectivity index (χ1n) is 7.57. The third-order valence-electron chi connectivity index (χ3n) is 3.90. The molecule has 19 heavy (non-hydrogen) atoms. The lowest BCUT2D eigenvalue weighted by Gasteiger charge is -2.14. The standard InChI is InChI=1S/C17H27NO/c1-13(2)18-9-8-14(3)4-5-15-6-7-16-11-19-12-17(16)10-15/h6-7,10,13-14,18H,4-5,8-9,11-12H2,1-3H3. The van der Waals surface area contributed by atoms with Gasteiger partial charge < -0.3 is 10.1 Å². The van der Waals surface area contributed by atoms with Crippen LogP contribution < -0.4 is 5.32 Å². The van der Waals surface area contributed by atoms with Gasteiger partial charge in [0, 0.05) is 6.04 Å². The summed E-state index contributed by atoms with van der Waals surface area (Å²) in [7, 11) is 0. The SMILES string of the molecule is CC(CCNC(C)C)CCc1ccc2c(c1)COC2. The molecule has 1 aromatic rings. The quantitative estimate of drug-likeness (QED) is 0.808. The lowest BCUT2D eigenvalue weighted by Crippen LogP contribution is -2.24. The molecule has 0 radical (unpaired) electrons. The Hall–Kier alpha value is -0.860. The Balaban J connectivity index is 1.73. The zero-order chi connectivity index (χ0) is 13.7. The molecule has 106 valence electrons. The third-order valence-corrected chi connectivity index (χ3v) is 3.90. The van der Waals surface area contributed by atoms with E-state index < -0.39 is 0 Å². The van der Waals surface area contributed by atoms with E-state index in [2.05, 4.69) is 44.3 Å². The van der Waals surface area contributed by atoms with Crippen molar-refractivity contribution in [2.24, 2.45) is 5.92 Å². The van der Waals surface area contributed by atoms with Gasteiger partial charge in [0.25, 0.3) is 0 Å². The van der Waals surface area contributed by atoms with Crippen LogP contribution in [0.15, 0.2) is 18.2 Å². The molecule has 2 nitrogen and oxygen atoms in total. The summed E-state index contributed by atoms with van der Waals surface area (Å²) in [6.07, 6.45) is 3.74. The predicted octanol–water partition coefficient (Wildman–Crippen LogP) is 3.67. The molecular weight excluding hydrogens is 234 g/mol. The Kier molecular flexibility index (Phi) is 5.41. The average Bonchev–Trinajstić information content (AvgIpc) is 2.83. The van der Waals surface area contributed by atoms with Crippen LogP contribution >= 0.6 is 0 Å². The van der Waals surface area contributed by atoms with Crippen LogP contribution in [0.25, 0.3) is 0 Å². The fraction of sp³-hybridized carbons (Fsp3) is 0.647. The molecule has 2 rings (SSSR count). The summed E-state index contributed by atoms with van der Waals surface area (Å²) in [4.78, 5) is 0. The molecule has 1 aliphatic rings. The van der Waals surface area contributed by atoms with Gasteiger partial charge in [0.2, 0.25) is 0 Å². The average molecular weight is 261 g/mol. The summed E-state index contributed by atoms with van der Waals surface area (Å²) in [5.41, 5.74) is 4.23. The molecule has 1 N–H and O–H groups in total. The molecule has 1 atom stereocenters. The molecule has 0 bridgehead atoms. The summed E-state index contributed by atoms with van der Waals surface area (Å²) in [5.74, 6) is 0.788. The Labute approximate surface area is 117 Å². The minimum Gasteiger partial charge on any atom is -0.372 e. The zero-order valence-corrected chi connectivity index (χ0v) is 12.5. The highest BCUT2D eigenvalue weighted by Crippen LogP contribution is 2.22. The number of aryl methyl sites for hydroxylation is 1. The Morgan fingerprint density at radius 3 is 2.68 bits per heavy atom. The maximum absolute atomic E-state index is 5.46. The molecule has 1 heterocycles. The highest BCUT2D eigenvalue weighted by atomic mass is 16.5. The number of rotatable bonds is 7. The molecule has 1 aliphatic heterocycles. The predicted molar refractivity (Wildman–Crippen MR) is 80.2 cm³/mol. The smallest absolute Gasteiger partial charge is 0.0725 e. The molecule has 0 aliphatic carbocycles. The van der Waals surface area contributed by atoms with E-state index in [4.69, 9.17) is 4.74 Å². The number of benzene rings is 1. The first kappa shape index (κ1) is 14.5. The first-order chi connectivity index (χ1) is 9.15. The van der Waals surface area contributed by atoms with Gasteiger partial charge in [-0.15, -0.1) is 0 Å². The molecule has 0 saturated heterocycles. The summed E-state index contributed by atoms with van der Waals surface area (Å²) in [6.45, 7) is 9.51. The van der Waals surface area contributed by atoms with Crippen molar-refractivity contribution in [3.05, 3.63) is 34.9 Å². The van der Waals surface area contributed by atoms with Gasteiger partial charge in [0.05, 0.1) is 13.2 Å². The number of fused-ring (bicyclic) bond motifs is 1. The lowest BCUT2D eigenvalue weighted by atomic mass is 9.96. The summed E-state index contributed by atoms with van der Waals surface area (Å²) in [5, 5.41) is 3.49. The molecule has 0 fully saturated rings. The van der Waals surface area contributed by atoms with Crippen LogP contribution in [0.4, 0.5) is 0 Å². The van der Waals surface area contributed by atoms with Crippen LogP contribution in [0.3, 0.4) is 0 Å². The summed E-state index contributed by atoms with van der Waals surface area (Å²) < 4.78 is 5.46. The van der Waals surface area contributed by atoms with E-state index in [1.54, 1.807) is 0 Å². The van der Waals surface area contributed by atoms with E-state index in [1.807, 2.05) is 0 Å². The van der Waals surface area contributed by atoms with Crippen molar-refractivity contribution < 1.29 is 4.74 Å². The van der Waals surface area contributed by atoms with Crippen molar-refractivity contribution >= 4 is 0 Å². The third kappa shape index (κ3) is 4.63. The van der Waals surface area contributed by atoms with Crippen LogP contribution in [0.2, 0.25) is 0 Å². The van der Waals surface area contributed by atoms with Gasteiger partial charge in [-0.1, -0.05) is 39.0 Å². The fourth-order valence-electron chi connectivity index (χ4n) is 2.56. The molecule has 0 spiro atoms. The monoisotopic (exact) mass is 261 g/mol. The molecule has 2 heteroatoms. The van der Waals surface area contributed by atoms with Crippen molar-refractivity contribution in [3.63, 3.8) is 0 Å². The first-order valence-corrected chi connectivity index (χ1v) is 7.57. The second kappa shape index (κ2) is 7.06. The molecule has 1 aromatic carbocycles. The van der Waals surface area contributed by atoms with Gasteiger partial charge >= 0.3 is 0 Å². The van der Waals surface area contributed by atoms with Gasteiger partial charge in [0.1, 0.15) is 0 Å². The van der Waals surface area contributed by atoms with Gasteiger partial charge in [0.15, 0.2) is 0 Å². The molecular formula is C17H27NO. The summed E-state index contributed by atoms with van der Waals surface area (Å²) in [6, 6.07) is 7.44. The highest BCUT2D eigenvalue weighted by Gasteiger charge is 2.11. The maximum atomic E-state index is 5.46. The normalized spacial score (nSPS) is 15.8. The van der Waals surface area contributed by atoms with E-state index in [0.29, 0.717) is 6.04 Å². The van der Waals surface area contributed by atoms with Crippen molar-refractivity contribution in [1.82, 2.24) is 5.32 Å². The van der Waals surface area contributed by atoms with Crippen LogP contribution in [0, 0.1) is 5.92 Å². The lowest BCUT2D eigenvalue weighted by molar-refractivity contribution is 0.134. The van der Waals surface area contributed by atoms with Crippen LogP contribution in [-0.2, 0) is 24.4 Å². The Morgan fingerprint density at radius 1 is 1.11 bits per heavy atom. The van der Waals surface area contributed by atoms with E-state index in [-0.39, 0.29) is 0 Å². The molecule has 1 unspecified atom stereocenters. The summed E-state index contributed by atoms with van der Waals surface area (Å²) >= 11 is 0. The van der Waals surface area contributed by atoms with Gasteiger partial charge in [-0.05, 0) is 48.4 Å². The number of hydrogen-bond donors (Lipinski definition) is 1. The van der Waals surface area contributed by atoms with Crippen molar-refractivity contribution in [1.29, 1.82) is 0 Å². The van der Waals surface area contributed by atoms with Gasteiger partial charge in [-0.25, -0.2) is 0 Å². The van der Waals surface area contributed by atoms with Crippen molar-refractivity contribution in [2.45, 2.75) is 59.3 Å². The molecule has 0 aromatic heterocycles. The zero-order valence-electron chi connectivity index (χ0n) is 12.5. The van der Waals surface area contributed by atoms with Gasteiger partial charge in [-0.2, -0.15) is 0 Å². The van der Waals surface area contributed by atoms with Crippen molar-refractivity contribution in [3.8, 4) is 0 Å². The molecule has 0 amide bonds. The molecule has 0 saturated carbocycles. The van der Waals surface area contributed by atoms with Gasteiger partial charge in [-0.3, -0.25) is 0 Å².